The monoisotopic (exact) mass is 371 g/mol. The number of hydrogen-bond donors (Lipinski definition) is 0. The van der Waals surface area contributed by atoms with Gasteiger partial charge in [0, 0.05) is 24.3 Å². The molecule has 0 saturated heterocycles. The Hall–Kier alpha value is -2.34. The SMILES string of the molecule is CCOc1ccc([N+](=O)[O-])c2c1c1c(n2CC=C(C)C)CCC(N(C)C)C1. The lowest BCUT2D eigenvalue weighted by atomic mass is 9.90. The number of nitrogens with zero attached hydrogens (tertiary/aromatic N) is 3. The number of allylic oxidation sites excluding steroid dienone is 2. The van der Waals surface area contributed by atoms with Crippen LogP contribution in [0, 0.1) is 10.1 Å². The maximum atomic E-state index is 11.8. The zero-order valence-corrected chi connectivity index (χ0v) is 16.9. The number of non-ortho nitro benzene ring substituents is 1. The highest BCUT2D eigenvalue weighted by Gasteiger charge is 2.31. The van der Waals surface area contributed by atoms with Crippen LogP contribution in [0.5, 0.6) is 5.75 Å². The third-order valence-electron chi connectivity index (χ3n) is 5.43. The van der Waals surface area contributed by atoms with E-state index >= 15 is 0 Å². The van der Waals surface area contributed by atoms with Crippen LogP contribution in [-0.4, -0.2) is 41.1 Å². The van der Waals surface area contributed by atoms with Crippen LogP contribution in [-0.2, 0) is 19.4 Å². The average molecular weight is 371 g/mol. The van der Waals surface area contributed by atoms with Crippen LogP contribution < -0.4 is 4.74 Å². The van der Waals surface area contributed by atoms with Crippen LogP contribution in [0.1, 0.15) is 38.4 Å². The number of nitro benzene ring substituents is 1. The third-order valence-corrected chi connectivity index (χ3v) is 5.43. The normalized spacial score (nSPS) is 16.4. The van der Waals surface area contributed by atoms with Crippen LogP contribution in [0.2, 0.25) is 0 Å². The lowest BCUT2D eigenvalue weighted by Crippen LogP contribution is -2.33. The maximum Gasteiger partial charge on any atom is 0.293 e. The number of rotatable bonds is 6. The van der Waals surface area contributed by atoms with Crippen molar-refractivity contribution in [2.45, 2.75) is 52.6 Å². The summed E-state index contributed by atoms with van der Waals surface area (Å²) in [5.74, 6) is 0.754. The van der Waals surface area contributed by atoms with Crippen molar-refractivity contribution in [3.05, 3.63) is 45.2 Å². The molecule has 0 N–H and O–H groups in total. The Morgan fingerprint density at radius 3 is 2.74 bits per heavy atom. The van der Waals surface area contributed by atoms with Gasteiger partial charge in [-0.2, -0.15) is 0 Å². The number of ether oxygens (including phenoxy) is 1. The first-order chi connectivity index (χ1) is 12.8. The first-order valence-electron chi connectivity index (χ1n) is 9.59. The highest BCUT2D eigenvalue weighted by atomic mass is 16.6. The minimum absolute atomic E-state index is 0.159. The van der Waals surface area contributed by atoms with Gasteiger partial charge in [-0.25, -0.2) is 0 Å². The van der Waals surface area contributed by atoms with Gasteiger partial charge < -0.3 is 14.2 Å². The maximum absolute atomic E-state index is 11.8. The number of fused-ring (bicyclic) bond motifs is 3. The predicted octanol–water partition coefficient (Wildman–Crippen LogP) is 4.33. The molecular formula is C21H29N3O3. The molecule has 0 radical (unpaired) electrons. The molecule has 0 amide bonds. The lowest BCUT2D eigenvalue weighted by molar-refractivity contribution is -0.383. The molecular weight excluding hydrogens is 342 g/mol. The van der Waals surface area contributed by atoms with Crippen LogP contribution >= 0.6 is 0 Å². The molecule has 1 heterocycles. The number of likely N-dealkylation sites (N-methyl/N-ethyl adjacent to an activating group) is 1. The Kier molecular flexibility index (Phi) is 5.56. The molecule has 146 valence electrons. The van der Waals surface area contributed by atoms with Gasteiger partial charge in [0.25, 0.3) is 5.69 Å². The van der Waals surface area contributed by atoms with Gasteiger partial charge in [-0.1, -0.05) is 11.6 Å². The molecule has 0 saturated carbocycles. The van der Waals surface area contributed by atoms with Gasteiger partial charge in [0.1, 0.15) is 11.3 Å². The van der Waals surface area contributed by atoms with E-state index in [1.807, 2.05) is 6.92 Å². The van der Waals surface area contributed by atoms with Gasteiger partial charge in [0.15, 0.2) is 0 Å². The number of aromatic nitrogens is 1. The fourth-order valence-corrected chi connectivity index (χ4v) is 4.05. The number of hydrogen-bond acceptors (Lipinski definition) is 4. The van der Waals surface area contributed by atoms with Crippen LogP contribution in [0.25, 0.3) is 10.9 Å². The van der Waals surface area contributed by atoms with E-state index in [1.54, 1.807) is 12.1 Å². The summed E-state index contributed by atoms with van der Waals surface area (Å²) >= 11 is 0. The largest absolute Gasteiger partial charge is 0.493 e. The molecule has 0 aliphatic heterocycles. The molecule has 1 atom stereocenters. The highest BCUT2D eigenvalue weighted by Crippen LogP contribution is 2.42. The fourth-order valence-electron chi connectivity index (χ4n) is 4.05. The minimum atomic E-state index is -0.272. The molecule has 27 heavy (non-hydrogen) atoms. The van der Waals surface area contributed by atoms with Crippen molar-refractivity contribution in [3.8, 4) is 5.75 Å². The van der Waals surface area contributed by atoms with E-state index in [0.717, 1.165) is 30.4 Å². The smallest absolute Gasteiger partial charge is 0.293 e. The second-order valence-corrected chi connectivity index (χ2v) is 7.67. The van der Waals surface area contributed by atoms with Crippen molar-refractivity contribution in [1.82, 2.24) is 9.47 Å². The zero-order valence-electron chi connectivity index (χ0n) is 16.9. The van der Waals surface area contributed by atoms with Gasteiger partial charge in [-0.15, -0.1) is 0 Å². The Bertz CT molecular complexity index is 892. The van der Waals surface area contributed by atoms with Gasteiger partial charge in [-0.3, -0.25) is 10.1 Å². The molecule has 0 fully saturated rings. The van der Waals surface area contributed by atoms with Crippen LogP contribution in [0.4, 0.5) is 5.69 Å². The first-order valence-corrected chi connectivity index (χ1v) is 9.59. The molecule has 6 nitrogen and oxygen atoms in total. The third kappa shape index (κ3) is 3.58. The second kappa shape index (κ2) is 7.72. The zero-order chi connectivity index (χ0) is 19.7. The topological polar surface area (TPSA) is 60.5 Å². The average Bonchev–Trinajstić information content (AvgIpc) is 2.94. The molecule has 3 rings (SSSR count). The van der Waals surface area contributed by atoms with Gasteiger partial charge >= 0.3 is 0 Å². The van der Waals surface area contributed by atoms with E-state index in [4.69, 9.17) is 4.74 Å². The van der Waals surface area contributed by atoms with E-state index < -0.39 is 0 Å². The summed E-state index contributed by atoms with van der Waals surface area (Å²) in [6.07, 6.45) is 5.01. The summed E-state index contributed by atoms with van der Waals surface area (Å²) in [7, 11) is 4.20. The van der Waals surface area contributed by atoms with Crippen LogP contribution in [0.15, 0.2) is 23.8 Å². The summed E-state index contributed by atoms with van der Waals surface area (Å²) in [5.41, 5.74) is 4.50. The molecule has 2 aromatic rings. The number of nitro groups is 1. The van der Waals surface area contributed by atoms with E-state index in [0.29, 0.717) is 24.7 Å². The highest BCUT2D eigenvalue weighted by molar-refractivity contribution is 5.97. The summed E-state index contributed by atoms with van der Waals surface area (Å²) in [4.78, 5) is 13.8. The Balaban J connectivity index is 2.33. The summed E-state index contributed by atoms with van der Waals surface area (Å²) in [5, 5.41) is 12.7. The lowest BCUT2D eigenvalue weighted by Gasteiger charge is -2.29. The number of benzene rings is 1. The van der Waals surface area contributed by atoms with Crippen molar-refractivity contribution >= 4 is 16.6 Å². The van der Waals surface area contributed by atoms with Gasteiger partial charge in [0.05, 0.1) is 16.9 Å². The summed E-state index contributed by atoms with van der Waals surface area (Å²) < 4.78 is 8.03. The van der Waals surface area contributed by atoms with Gasteiger partial charge in [0.2, 0.25) is 0 Å². The predicted molar refractivity (Wildman–Crippen MR) is 109 cm³/mol. The fraction of sp³-hybridized carbons (Fsp3) is 0.524. The molecule has 0 bridgehead atoms. The van der Waals surface area contributed by atoms with Crippen molar-refractivity contribution in [3.63, 3.8) is 0 Å². The molecule has 0 spiro atoms. The Morgan fingerprint density at radius 1 is 1.41 bits per heavy atom. The quantitative estimate of drug-likeness (QED) is 0.431. The minimum Gasteiger partial charge on any atom is -0.493 e. The van der Waals surface area contributed by atoms with Crippen molar-refractivity contribution < 1.29 is 9.66 Å². The van der Waals surface area contributed by atoms with Crippen molar-refractivity contribution in [2.75, 3.05) is 20.7 Å². The molecule has 6 heteroatoms. The van der Waals surface area contributed by atoms with E-state index in [1.165, 1.54) is 16.8 Å². The van der Waals surface area contributed by atoms with E-state index in [-0.39, 0.29) is 10.6 Å². The Morgan fingerprint density at radius 2 is 2.15 bits per heavy atom. The van der Waals surface area contributed by atoms with E-state index in [2.05, 4.69) is 43.5 Å². The summed E-state index contributed by atoms with van der Waals surface area (Å²) in [6.45, 7) is 7.25. The first kappa shape index (κ1) is 19.4. The molecule has 1 aromatic heterocycles. The summed E-state index contributed by atoms with van der Waals surface area (Å²) in [6, 6.07) is 3.78. The van der Waals surface area contributed by atoms with E-state index in [9.17, 15) is 10.1 Å². The van der Waals surface area contributed by atoms with Crippen LogP contribution in [0.3, 0.4) is 0 Å². The Labute approximate surface area is 160 Å². The molecule has 1 aromatic carbocycles. The standard InChI is InChI=1S/C21H29N3O3/c1-6-27-19-10-9-18(24(25)26)21-20(19)16-13-15(22(4)5)7-8-17(16)23(21)12-11-14(2)3/h9-11,15H,6-8,12-13H2,1-5H3. The molecule has 1 unspecified atom stereocenters. The van der Waals surface area contributed by atoms with Crippen molar-refractivity contribution in [1.29, 1.82) is 0 Å². The molecule has 1 aliphatic carbocycles. The van der Waals surface area contributed by atoms with Crippen molar-refractivity contribution in [2.24, 2.45) is 0 Å². The molecule has 1 aliphatic rings. The second-order valence-electron chi connectivity index (χ2n) is 7.67. The van der Waals surface area contributed by atoms with Gasteiger partial charge in [-0.05, 0) is 65.8 Å².